The predicted molar refractivity (Wildman–Crippen MR) is 115 cm³/mol. The molecule has 0 unspecified atom stereocenters. The fourth-order valence-electron chi connectivity index (χ4n) is 4.96. The molecule has 2 saturated heterocycles. The van der Waals surface area contributed by atoms with E-state index < -0.39 is 5.76 Å². The third-order valence-electron chi connectivity index (χ3n) is 6.73. The van der Waals surface area contributed by atoms with E-state index in [1.54, 1.807) is 11.0 Å². The first kappa shape index (κ1) is 20.0. The molecule has 0 bridgehead atoms. The van der Waals surface area contributed by atoms with Gasteiger partial charge in [0.1, 0.15) is 5.82 Å². The van der Waals surface area contributed by atoms with Crippen LogP contribution in [0, 0.1) is 12.7 Å². The summed E-state index contributed by atoms with van der Waals surface area (Å²) in [6.45, 7) is 4.56. The lowest BCUT2D eigenvalue weighted by Gasteiger charge is -2.35. The van der Waals surface area contributed by atoms with Gasteiger partial charge in [0.25, 0.3) is 0 Å². The Bertz CT molecular complexity index is 1180. The number of likely N-dealkylation sites (tertiary alicyclic amines) is 2. The third kappa shape index (κ3) is 3.90. The van der Waals surface area contributed by atoms with E-state index in [1.807, 2.05) is 31.2 Å². The number of carbonyl (C=O) groups excluding carboxylic acids is 1. The molecule has 6 nitrogen and oxygen atoms in total. The molecule has 0 radical (unpaired) electrons. The fraction of sp³-hybridized carbons (Fsp3) is 0.417. The maximum Gasteiger partial charge on any atom is 0.417 e. The SMILES string of the molecule is Cc1ccc(CN2CC[C@@H](N3CCC(c4ccc5[nH]c(=O)oc5c4)CC3)C2=O)c(F)c1. The third-order valence-corrected chi connectivity index (χ3v) is 6.73. The number of piperidine rings is 1. The highest BCUT2D eigenvalue weighted by Gasteiger charge is 2.37. The van der Waals surface area contributed by atoms with Gasteiger partial charge in [-0.2, -0.15) is 0 Å². The lowest BCUT2D eigenvalue weighted by molar-refractivity contribution is -0.133. The van der Waals surface area contributed by atoms with Crippen LogP contribution in [0.2, 0.25) is 0 Å². The number of benzene rings is 2. The molecule has 2 aliphatic rings. The number of nitrogens with one attached hydrogen (secondary N) is 1. The fourth-order valence-corrected chi connectivity index (χ4v) is 4.96. The quantitative estimate of drug-likeness (QED) is 0.697. The summed E-state index contributed by atoms with van der Waals surface area (Å²) < 4.78 is 19.4. The van der Waals surface area contributed by atoms with Gasteiger partial charge < -0.3 is 9.32 Å². The van der Waals surface area contributed by atoms with E-state index in [9.17, 15) is 14.0 Å². The standard InChI is InChI=1S/C24H26FN3O3/c1-15-2-3-18(19(25)12-15)14-28-11-8-21(23(28)29)27-9-6-16(7-10-27)17-4-5-20-22(13-17)31-24(30)26-20/h2-5,12-13,16,21H,6-11,14H2,1H3,(H,26,30)/t21-/m1/s1. The number of fused-ring (bicyclic) bond motifs is 1. The lowest BCUT2D eigenvalue weighted by Crippen LogP contribution is -2.45. The number of rotatable bonds is 4. The molecule has 2 aliphatic heterocycles. The van der Waals surface area contributed by atoms with Crippen LogP contribution in [-0.4, -0.2) is 46.4 Å². The molecule has 0 spiro atoms. The van der Waals surface area contributed by atoms with Gasteiger partial charge in [0.05, 0.1) is 11.6 Å². The molecule has 1 N–H and O–H groups in total. The van der Waals surface area contributed by atoms with Crippen molar-refractivity contribution >= 4 is 17.0 Å². The minimum atomic E-state index is -0.434. The van der Waals surface area contributed by atoms with Gasteiger partial charge >= 0.3 is 5.76 Å². The molecule has 2 fully saturated rings. The Morgan fingerprint density at radius 1 is 1.06 bits per heavy atom. The molecule has 31 heavy (non-hydrogen) atoms. The van der Waals surface area contributed by atoms with Crippen LogP contribution >= 0.6 is 0 Å². The summed E-state index contributed by atoms with van der Waals surface area (Å²) in [6.07, 6.45) is 2.70. The summed E-state index contributed by atoms with van der Waals surface area (Å²) in [5, 5.41) is 0. The number of hydrogen-bond acceptors (Lipinski definition) is 4. The van der Waals surface area contributed by atoms with Crippen molar-refractivity contribution in [3.8, 4) is 0 Å². The predicted octanol–water partition coefficient (Wildman–Crippen LogP) is 3.55. The Hall–Kier alpha value is -2.93. The van der Waals surface area contributed by atoms with Gasteiger partial charge in [-0.3, -0.25) is 14.7 Å². The topological polar surface area (TPSA) is 69.6 Å². The summed E-state index contributed by atoms with van der Waals surface area (Å²) in [7, 11) is 0. The van der Waals surface area contributed by atoms with E-state index in [2.05, 4.69) is 9.88 Å². The first-order valence-corrected chi connectivity index (χ1v) is 10.9. The minimum absolute atomic E-state index is 0.106. The first-order valence-electron chi connectivity index (χ1n) is 10.9. The molecular weight excluding hydrogens is 397 g/mol. The summed E-state index contributed by atoms with van der Waals surface area (Å²) in [6, 6.07) is 11.0. The molecule has 3 heterocycles. The molecule has 1 aromatic heterocycles. The minimum Gasteiger partial charge on any atom is -0.408 e. The summed E-state index contributed by atoms with van der Waals surface area (Å²) >= 11 is 0. The number of aromatic amines is 1. The number of carbonyl (C=O) groups is 1. The van der Waals surface area contributed by atoms with Gasteiger partial charge in [-0.15, -0.1) is 0 Å². The van der Waals surface area contributed by atoms with Gasteiger partial charge in [-0.1, -0.05) is 18.2 Å². The zero-order valence-corrected chi connectivity index (χ0v) is 17.6. The van der Waals surface area contributed by atoms with Gasteiger partial charge in [-0.05, 0) is 74.5 Å². The van der Waals surface area contributed by atoms with Crippen molar-refractivity contribution in [2.45, 2.75) is 44.7 Å². The number of amides is 1. The highest BCUT2D eigenvalue weighted by molar-refractivity contribution is 5.84. The number of aryl methyl sites for hydroxylation is 1. The van der Waals surface area contributed by atoms with E-state index in [0.717, 1.165) is 37.9 Å². The highest BCUT2D eigenvalue weighted by atomic mass is 19.1. The molecule has 1 amide bonds. The normalized spacial score (nSPS) is 20.8. The van der Waals surface area contributed by atoms with E-state index in [-0.39, 0.29) is 17.8 Å². The Labute approximate surface area is 179 Å². The van der Waals surface area contributed by atoms with Crippen molar-refractivity contribution in [1.29, 1.82) is 0 Å². The van der Waals surface area contributed by atoms with Crippen molar-refractivity contribution in [3.05, 3.63) is 69.5 Å². The number of H-pyrrole nitrogens is 1. The second-order valence-electron chi connectivity index (χ2n) is 8.74. The Morgan fingerprint density at radius 2 is 1.87 bits per heavy atom. The van der Waals surface area contributed by atoms with Crippen LogP contribution in [0.1, 0.15) is 41.9 Å². The average Bonchev–Trinajstić information content (AvgIpc) is 3.31. The molecule has 0 saturated carbocycles. The van der Waals surface area contributed by atoms with Crippen molar-refractivity contribution in [2.75, 3.05) is 19.6 Å². The van der Waals surface area contributed by atoms with Crippen LogP contribution in [0.4, 0.5) is 4.39 Å². The van der Waals surface area contributed by atoms with E-state index >= 15 is 0 Å². The maximum atomic E-state index is 14.2. The molecule has 1 atom stereocenters. The number of hydrogen-bond donors (Lipinski definition) is 1. The van der Waals surface area contributed by atoms with Gasteiger partial charge in [-0.25, -0.2) is 9.18 Å². The van der Waals surface area contributed by atoms with Crippen molar-refractivity contribution in [2.24, 2.45) is 0 Å². The molecular formula is C24H26FN3O3. The average molecular weight is 423 g/mol. The number of halogens is 1. The van der Waals surface area contributed by atoms with E-state index in [4.69, 9.17) is 4.42 Å². The van der Waals surface area contributed by atoms with Crippen molar-refractivity contribution in [1.82, 2.24) is 14.8 Å². The molecule has 0 aliphatic carbocycles. The Morgan fingerprint density at radius 3 is 2.65 bits per heavy atom. The number of aromatic nitrogens is 1. The highest BCUT2D eigenvalue weighted by Crippen LogP contribution is 2.32. The summed E-state index contributed by atoms with van der Waals surface area (Å²) in [5.74, 6) is -0.187. The second kappa shape index (κ2) is 7.96. The molecule has 3 aromatic rings. The zero-order valence-electron chi connectivity index (χ0n) is 17.6. The van der Waals surface area contributed by atoms with Gasteiger partial charge in [0.2, 0.25) is 5.91 Å². The molecule has 2 aromatic carbocycles. The van der Waals surface area contributed by atoms with Gasteiger partial charge in [0.15, 0.2) is 5.58 Å². The number of oxazole rings is 1. The number of nitrogens with zero attached hydrogens (tertiary/aromatic N) is 2. The van der Waals surface area contributed by atoms with Crippen LogP contribution in [0.5, 0.6) is 0 Å². The summed E-state index contributed by atoms with van der Waals surface area (Å²) in [4.78, 5) is 31.1. The Balaban J connectivity index is 1.21. The van der Waals surface area contributed by atoms with Crippen molar-refractivity contribution in [3.63, 3.8) is 0 Å². The van der Waals surface area contributed by atoms with E-state index in [0.29, 0.717) is 35.7 Å². The lowest BCUT2D eigenvalue weighted by atomic mass is 9.88. The molecule has 7 heteroatoms. The smallest absolute Gasteiger partial charge is 0.408 e. The van der Waals surface area contributed by atoms with E-state index in [1.165, 1.54) is 11.6 Å². The summed E-state index contributed by atoms with van der Waals surface area (Å²) in [5.41, 5.74) is 3.93. The van der Waals surface area contributed by atoms with Crippen LogP contribution in [-0.2, 0) is 11.3 Å². The van der Waals surface area contributed by atoms with Crippen LogP contribution < -0.4 is 5.76 Å². The second-order valence-corrected chi connectivity index (χ2v) is 8.74. The first-order chi connectivity index (χ1) is 15.0. The maximum absolute atomic E-state index is 14.2. The largest absolute Gasteiger partial charge is 0.417 e. The van der Waals surface area contributed by atoms with Gasteiger partial charge in [0, 0.05) is 18.7 Å². The van der Waals surface area contributed by atoms with Crippen LogP contribution in [0.25, 0.3) is 11.1 Å². The van der Waals surface area contributed by atoms with Crippen LogP contribution in [0.15, 0.2) is 45.6 Å². The van der Waals surface area contributed by atoms with Crippen molar-refractivity contribution < 1.29 is 13.6 Å². The molecule has 162 valence electrons. The monoisotopic (exact) mass is 423 g/mol. The Kier molecular flexibility index (Phi) is 5.14. The van der Waals surface area contributed by atoms with Crippen LogP contribution in [0.3, 0.4) is 0 Å². The zero-order chi connectivity index (χ0) is 21.5. The molecule has 5 rings (SSSR count).